The van der Waals surface area contributed by atoms with Gasteiger partial charge in [-0.05, 0) is 63.0 Å². The van der Waals surface area contributed by atoms with Crippen LogP contribution in [0.5, 0.6) is 17.2 Å². The molecule has 2 aliphatic rings. The van der Waals surface area contributed by atoms with Crippen LogP contribution in [0.2, 0.25) is 0 Å². The zero-order chi connectivity index (χ0) is 36.5. The van der Waals surface area contributed by atoms with Crippen LogP contribution < -0.4 is 23.4 Å². The number of halogens is 4. The molecule has 0 spiro atoms. The van der Waals surface area contributed by atoms with Crippen molar-refractivity contribution in [2.75, 3.05) is 50.7 Å². The van der Waals surface area contributed by atoms with Gasteiger partial charge < -0.3 is 24.0 Å². The molecule has 10 nitrogen and oxygen atoms in total. The van der Waals surface area contributed by atoms with Crippen LogP contribution in [-0.4, -0.2) is 76.8 Å². The Bertz CT molecular complexity index is 1970. The molecule has 0 saturated heterocycles. The number of hydrogen-bond acceptors (Lipinski definition) is 9. The zero-order valence-corrected chi connectivity index (χ0v) is 29.4. The third-order valence-electron chi connectivity index (χ3n) is 9.64. The van der Waals surface area contributed by atoms with E-state index in [2.05, 4.69) is 9.97 Å². The minimum atomic E-state index is -4.58. The van der Waals surface area contributed by atoms with Gasteiger partial charge in [0.05, 0.1) is 38.6 Å². The molecule has 0 N–H and O–H groups in total. The van der Waals surface area contributed by atoms with Gasteiger partial charge in [0, 0.05) is 48.1 Å². The van der Waals surface area contributed by atoms with Gasteiger partial charge in [0.2, 0.25) is 0 Å². The summed E-state index contributed by atoms with van der Waals surface area (Å²) in [5.41, 5.74) is 0.862. The Labute approximate surface area is 294 Å². The summed E-state index contributed by atoms with van der Waals surface area (Å²) in [6, 6.07) is 14.0. The number of sulfonamides is 1. The van der Waals surface area contributed by atoms with Crippen LogP contribution in [0.1, 0.15) is 41.9 Å². The summed E-state index contributed by atoms with van der Waals surface area (Å²) < 4.78 is 103. The third-order valence-corrected chi connectivity index (χ3v) is 11.4. The first-order valence-electron chi connectivity index (χ1n) is 16.4. The van der Waals surface area contributed by atoms with Crippen molar-refractivity contribution in [3.8, 4) is 17.2 Å². The summed E-state index contributed by atoms with van der Waals surface area (Å²) in [6.45, 7) is 0.409. The fourth-order valence-corrected chi connectivity index (χ4v) is 8.54. The minimum Gasteiger partial charge on any atom is -0.497 e. The van der Waals surface area contributed by atoms with E-state index in [9.17, 15) is 21.6 Å². The molecule has 272 valence electrons. The molecule has 51 heavy (non-hydrogen) atoms. The van der Waals surface area contributed by atoms with Crippen LogP contribution in [0.25, 0.3) is 0 Å². The predicted molar refractivity (Wildman–Crippen MR) is 183 cm³/mol. The van der Waals surface area contributed by atoms with Crippen molar-refractivity contribution in [2.24, 2.45) is 0 Å². The van der Waals surface area contributed by atoms with Crippen LogP contribution in [0.3, 0.4) is 0 Å². The molecule has 2 heterocycles. The maximum atomic E-state index is 16.3. The van der Waals surface area contributed by atoms with Crippen LogP contribution in [0.15, 0.2) is 78.1 Å². The Morgan fingerprint density at radius 3 is 2.51 bits per heavy atom. The van der Waals surface area contributed by atoms with E-state index in [4.69, 9.17) is 14.2 Å². The maximum Gasteiger partial charge on any atom is 0.416 e. The molecule has 0 bridgehead atoms. The second kappa shape index (κ2) is 14.5. The second-order valence-corrected chi connectivity index (χ2v) is 14.6. The molecule has 3 atom stereocenters. The van der Waals surface area contributed by atoms with Crippen molar-refractivity contribution in [1.29, 1.82) is 0 Å². The van der Waals surface area contributed by atoms with Crippen molar-refractivity contribution in [3.63, 3.8) is 0 Å². The summed E-state index contributed by atoms with van der Waals surface area (Å²) in [7, 11) is 2.21. The third kappa shape index (κ3) is 7.40. The smallest absolute Gasteiger partial charge is 0.416 e. The van der Waals surface area contributed by atoms with Gasteiger partial charge in [-0.1, -0.05) is 18.2 Å². The first kappa shape index (κ1) is 36.2. The molecule has 6 rings (SSSR count). The van der Waals surface area contributed by atoms with E-state index in [1.807, 2.05) is 23.9 Å². The van der Waals surface area contributed by atoms with Crippen molar-refractivity contribution < 1.29 is 40.2 Å². The topological polar surface area (TPSA) is 97.3 Å². The lowest BCUT2D eigenvalue weighted by molar-refractivity contribution is -0.137. The molecule has 1 saturated carbocycles. The van der Waals surface area contributed by atoms with Gasteiger partial charge in [-0.15, -0.1) is 0 Å². The number of ether oxygens (including phenoxy) is 3. The van der Waals surface area contributed by atoms with Gasteiger partial charge in [-0.2, -0.15) is 13.2 Å². The number of likely N-dealkylation sites (N-methyl/N-ethyl adjacent to an activating group) is 1. The highest BCUT2D eigenvalue weighted by Gasteiger charge is 2.40. The summed E-state index contributed by atoms with van der Waals surface area (Å²) in [4.78, 5) is 11.6. The van der Waals surface area contributed by atoms with Gasteiger partial charge in [0.1, 0.15) is 46.7 Å². The number of fused-ring (bicyclic) bond motifs is 1. The second-order valence-electron chi connectivity index (χ2n) is 12.8. The average molecular weight is 730 g/mol. The molecular formula is C36H39F4N5O5S. The molecule has 0 unspecified atom stereocenters. The first-order valence-corrected chi connectivity index (χ1v) is 17.8. The summed E-state index contributed by atoms with van der Waals surface area (Å²) in [5, 5.41) is 0. The molecule has 4 aromatic rings. The Morgan fingerprint density at radius 1 is 1.02 bits per heavy atom. The molecule has 0 radical (unpaired) electrons. The highest BCUT2D eigenvalue weighted by Crippen LogP contribution is 2.44. The Balaban J connectivity index is 1.32. The normalized spacial score (nSPS) is 19.3. The minimum absolute atomic E-state index is 0.0221. The number of nitrogens with zero attached hydrogens (tertiary/aromatic N) is 5. The monoisotopic (exact) mass is 729 g/mol. The van der Waals surface area contributed by atoms with Crippen molar-refractivity contribution >= 4 is 21.5 Å². The van der Waals surface area contributed by atoms with E-state index in [0.29, 0.717) is 54.1 Å². The number of benzene rings is 3. The SMILES string of the molecule is COc1ccc(CN(c2ccncn2)S(=O)(=O)c2cc3c(cc2F)N([C@H]2CC[C@H](c4cccc(C(F)(F)F)c4)C[C@@H]2N(C)C)CCO3)c(OC)c1. The van der Waals surface area contributed by atoms with E-state index >= 15 is 4.39 Å². The fraction of sp³-hybridized carbons (Fsp3) is 0.389. The number of aromatic nitrogens is 2. The first-order chi connectivity index (χ1) is 24.3. The molecule has 1 aliphatic carbocycles. The fourth-order valence-electron chi connectivity index (χ4n) is 7.08. The quantitative estimate of drug-likeness (QED) is 0.169. The average Bonchev–Trinajstić information content (AvgIpc) is 3.13. The molecule has 15 heteroatoms. The molecule has 1 fully saturated rings. The van der Waals surface area contributed by atoms with E-state index in [1.165, 1.54) is 57.1 Å². The van der Waals surface area contributed by atoms with Crippen LogP contribution in [-0.2, 0) is 22.7 Å². The van der Waals surface area contributed by atoms with E-state index in [0.717, 1.165) is 10.4 Å². The lowest BCUT2D eigenvalue weighted by Crippen LogP contribution is -2.54. The number of anilines is 2. The van der Waals surface area contributed by atoms with Crippen molar-refractivity contribution in [3.05, 3.63) is 95.7 Å². The Kier molecular flexibility index (Phi) is 10.3. The number of rotatable bonds is 10. The van der Waals surface area contributed by atoms with Gasteiger partial charge in [-0.3, -0.25) is 0 Å². The number of methoxy groups -OCH3 is 2. The number of hydrogen-bond donors (Lipinski definition) is 0. The molecule has 1 aromatic heterocycles. The van der Waals surface area contributed by atoms with Gasteiger partial charge in [0.25, 0.3) is 10.0 Å². The van der Waals surface area contributed by atoms with E-state index in [-0.39, 0.29) is 42.7 Å². The standard InChI is InChI=1S/C36H39F4N5O5S/c1-43(2)30-17-24(23-6-5-7-26(16-23)36(38,39)40)9-11-29(30)44-14-15-50-33-20-34(28(37)19-31(33)44)51(46,47)45(35-12-13-41-22-42-35)21-25-8-10-27(48-3)18-32(25)49-4/h5-8,10,12-13,16,18-20,22,24,29-30H,9,11,14-15,17,21H2,1-4H3/t24-,29-,30-/m0/s1. The lowest BCUT2D eigenvalue weighted by atomic mass is 9.77. The highest BCUT2D eigenvalue weighted by atomic mass is 32.2. The lowest BCUT2D eigenvalue weighted by Gasteiger charge is -2.47. The maximum absolute atomic E-state index is 16.3. The van der Waals surface area contributed by atoms with E-state index < -0.39 is 32.5 Å². The summed E-state index contributed by atoms with van der Waals surface area (Å²) in [6.07, 6.45) is -0.00398. The van der Waals surface area contributed by atoms with Gasteiger partial charge in [0.15, 0.2) is 0 Å². The molecule has 1 aliphatic heterocycles. The number of alkyl halides is 3. The van der Waals surface area contributed by atoms with Crippen LogP contribution >= 0.6 is 0 Å². The van der Waals surface area contributed by atoms with Crippen LogP contribution in [0, 0.1) is 5.82 Å². The van der Waals surface area contributed by atoms with Crippen LogP contribution in [0.4, 0.5) is 29.1 Å². The summed E-state index contributed by atoms with van der Waals surface area (Å²) in [5.74, 6) is 0.0426. The summed E-state index contributed by atoms with van der Waals surface area (Å²) >= 11 is 0. The highest BCUT2D eigenvalue weighted by molar-refractivity contribution is 7.92. The predicted octanol–water partition coefficient (Wildman–Crippen LogP) is 6.51. The molecule has 0 amide bonds. The van der Waals surface area contributed by atoms with Gasteiger partial charge in [-0.25, -0.2) is 27.1 Å². The van der Waals surface area contributed by atoms with Crippen molar-refractivity contribution in [2.45, 2.75) is 54.9 Å². The van der Waals surface area contributed by atoms with Gasteiger partial charge >= 0.3 is 6.18 Å². The largest absolute Gasteiger partial charge is 0.497 e. The Hall–Kier alpha value is -4.63. The van der Waals surface area contributed by atoms with E-state index in [1.54, 1.807) is 24.3 Å². The zero-order valence-electron chi connectivity index (χ0n) is 28.6. The molecular weight excluding hydrogens is 690 g/mol. The molecule has 3 aromatic carbocycles. The Morgan fingerprint density at radius 2 is 1.82 bits per heavy atom. The van der Waals surface area contributed by atoms with Crippen molar-refractivity contribution in [1.82, 2.24) is 14.9 Å².